The lowest BCUT2D eigenvalue weighted by atomic mass is 10.1. The summed E-state index contributed by atoms with van der Waals surface area (Å²) in [6.07, 6.45) is 3.66. The molecular formula is C17H25N3O. The quantitative estimate of drug-likeness (QED) is 0.886. The number of nitrogens with one attached hydrogen (secondary N) is 1. The third-order valence-electron chi connectivity index (χ3n) is 4.42. The van der Waals surface area contributed by atoms with Gasteiger partial charge in [-0.15, -0.1) is 0 Å². The highest BCUT2D eigenvalue weighted by molar-refractivity contribution is 5.26. The number of hydrogen-bond donors (Lipinski definition) is 1. The first-order valence-corrected chi connectivity index (χ1v) is 7.93. The molecule has 4 nitrogen and oxygen atoms in total. The van der Waals surface area contributed by atoms with Crippen LogP contribution < -0.4 is 5.32 Å². The van der Waals surface area contributed by atoms with E-state index >= 15 is 0 Å². The Kier molecular flexibility index (Phi) is 3.89. The number of furan rings is 1. The van der Waals surface area contributed by atoms with Crippen molar-refractivity contribution < 1.29 is 4.42 Å². The topological polar surface area (TPSA) is 43.0 Å². The lowest BCUT2D eigenvalue weighted by Crippen LogP contribution is -2.15. The molecule has 2 heterocycles. The first kappa shape index (κ1) is 14.4. The molecular weight excluding hydrogens is 262 g/mol. The Labute approximate surface area is 126 Å². The molecule has 0 atom stereocenters. The second-order valence-corrected chi connectivity index (χ2v) is 6.11. The van der Waals surface area contributed by atoms with Gasteiger partial charge in [0.15, 0.2) is 0 Å². The molecule has 1 saturated carbocycles. The molecule has 0 bridgehead atoms. The molecule has 0 spiro atoms. The van der Waals surface area contributed by atoms with E-state index in [4.69, 9.17) is 4.42 Å². The maximum absolute atomic E-state index is 5.91. The normalized spacial score (nSPS) is 14.9. The maximum atomic E-state index is 5.91. The van der Waals surface area contributed by atoms with Crippen molar-refractivity contribution in [2.24, 2.45) is 0 Å². The van der Waals surface area contributed by atoms with Crippen molar-refractivity contribution in [3.63, 3.8) is 0 Å². The second-order valence-electron chi connectivity index (χ2n) is 6.11. The van der Waals surface area contributed by atoms with Gasteiger partial charge in [0.1, 0.15) is 11.5 Å². The smallest absolute Gasteiger partial charge is 0.125 e. The van der Waals surface area contributed by atoms with E-state index in [0.29, 0.717) is 0 Å². The van der Waals surface area contributed by atoms with Gasteiger partial charge in [-0.05, 0) is 51.7 Å². The molecule has 2 aromatic rings. The minimum Gasteiger partial charge on any atom is -0.464 e. The lowest BCUT2D eigenvalue weighted by molar-refractivity contribution is 0.453. The van der Waals surface area contributed by atoms with Gasteiger partial charge in [-0.2, -0.15) is 5.10 Å². The van der Waals surface area contributed by atoms with Gasteiger partial charge >= 0.3 is 0 Å². The first-order chi connectivity index (χ1) is 10.1. The molecule has 1 fully saturated rings. The molecule has 0 saturated heterocycles. The van der Waals surface area contributed by atoms with Crippen LogP contribution in [0.15, 0.2) is 10.5 Å². The molecule has 0 unspecified atom stereocenters. The highest BCUT2D eigenvalue weighted by Crippen LogP contribution is 2.22. The zero-order chi connectivity index (χ0) is 15.0. The third kappa shape index (κ3) is 3.05. The summed E-state index contributed by atoms with van der Waals surface area (Å²) in [5, 5.41) is 8.18. The van der Waals surface area contributed by atoms with Gasteiger partial charge in [-0.25, -0.2) is 0 Å². The summed E-state index contributed by atoms with van der Waals surface area (Å²) < 4.78 is 7.97. The fourth-order valence-corrected chi connectivity index (χ4v) is 2.93. The number of hydrogen-bond acceptors (Lipinski definition) is 3. The SMILES string of the molecule is CCc1c(C)nn(Cc2cc(CNC3CC3)c(C)o2)c1C. The standard InChI is InChI=1S/C17H25N3O/c1-5-17-11(2)19-20(12(17)3)10-16-8-14(13(4)21-16)9-18-15-6-7-15/h8,15,18H,5-7,9-10H2,1-4H3. The van der Waals surface area contributed by atoms with E-state index in [0.717, 1.165) is 42.8 Å². The van der Waals surface area contributed by atoms with Crippen LogP contribution in [0.5, 0.6) is 0 Å². The summed E-state index contributed by atoms with van der Waals surface area (Å²) in [5.74, 6) is 2.02. The van der Waals surface area contributed by atoms with Crippen LogP contribution in [-0.2, 0) is 19.5 Å². The van der Waals surface area contributed by atoms with Crippen molar-refractivity contribution in [1.82, 2.24) is 15.1 Å². The van der Waals surface area contributed by atoms with E-state index in [1.807, 2.05) is 6.92 Å². The molecule has 1 aliphatic rings. The number of nitrogens with zero attached hydrogens (tertiary/aromatic N) is 2. The predicted octanol–water partition coefficient (Wildman–Crippen LogP) is 3.26. The zero-order valence-electron chi connectivity index (χ0n) is 13.5. The van der Waals surface area contributed by atoms with Gasteiger partial charge < -0.3 is 9.73 Å². The molecule has 1 aliphatic carbocycles. The molecule has 0 amide bonds. The van der Waals surface area contributed by atoms with Crippen LogP contribution >= 0.6 is 0 Å². The van der Waals surface area contributed by atoms with Gasteiger partial charge in [0.25, 0.3) is 0 Å². The minimum absolute atomic E-state index is 0.719. The number of aromatic nitrogens is 2. The molecule has 0 aliphatic heterocycles. The van der Waals surface area contributed by atoms with Crippen LogP contribution in [0.4, 0.5) is 0 Å². The van der Waals surface area contributed by atoms with Crippen molar-refractivity contribution in [2.45, 2.75) is 66.1 Å². The highest BCUT2D eigenvalue weighted by atomic mass is 16.3. The largest absolute Gasteiger partial charge is 0.464 e. The monoisotopic (exact) mass is 287 g/mol. The van der Waals surface area contributed by atoms with E-state index in [-0.39, 0.29) is 0 Å². The third-order valence-corrected chi connectivity index (χ3v) is 4.42. The second kappa shape index (κ2) is 5.68. The van der Waals surface area contributed by atoms with Crippen molar-refractivity contribution >= 4 is 0 Å². The molecule has 2 aromatic heterocycles. The van der Waals surface area contributed by atoms with E-state index in [2.05, 4.69) is 41.9 Å². The highest BCUT2D eigenvalue weighted by Gasteiger charge is 2.21. The molecule has 21 heavy (non-hydrogen) atoms. The van der Waals surface area contributed by atoms with Gasteiger partial charge in [0, 0.05) is 23.8 Å². The Morgan fingerprint density at radius 3 is 2.71 bits per heavy atom. The molecule has 0 radical (unpaired) electrons. The molecule has 1 N–H and O–H groups in total. The Balaban J connectivity index is 1.73. The van der Waals surface area contributed by atoms with Crippen molar-refractivity contribution in [1.29, 1.82) is 0 Å². The summed E-state index contributed by atoms with van der Waals surface area (Å²) in [5.41, 5.74) is 5.01. The van der Waals surface area contributed by atoms with Gasteiger partial charge in [0.05, 0.1) is 12.2 Å². The van der Waals surface area contributed by atoms with Gasteiger partial charge in [-0.1, -0.05) is 6.92 Å². The first-order valence-electron chi connectivity index (χ1n) is 7.93. The van der Waals surface area contributed by atoms with Gasteiger partial charge in [-0.3, -0.25) is 4.68 Å². The van der Waals surface area contributed by atoms with Crippen molar-refractivity contribution in [3.8, 4) is 0 Å². The Morgan fingerprint density at radius 1 is 1.33 bits per heavy atom. The maximum Gasteiger partial charge on any atom is 0.125 e. The fourth-order valence-electron chi connectivity index (χ4n) is 2.93. The van der Waals surface area contributed by atoms with E-state index < -0.39 is 0 Å². The Bertz CT molecular complexity index is 635. The number of aryl methyl sites for hydroxylation is 2. The summed E-state index contributed by atoms with van der Waals surface area (Å²) in [6.45, 7) is 10.1. The van der Waals surface area contributed by atoms with Crippen LogP contribution in [0.3, 0.4) is 0 Å². The average Bonchev–Trinajstić information content (AvgIpc) is 3.15. The molecule has 0 aromatic carbocycles. The molecule has 114 valence electrons. The molecule has 3 rings (SSSR count). The van der Waals surface area contributed by atoms with E-state index in [9.17, 15) is 0 Å². The van der Waals surface area contributed by atoms with Crippen LogP contribution in [0.25, 0.3) is 0 Å². The van der Waals surface area contributed by atoms with Crippen molar-refractivity contribution in [2.75, 3.05) is 0 Å². The van der Waals surface area contributed by atoms with Crippen molar-refractivity contribution in [3.05, 3.63) is 40.1 Å². The van der Waals surface area contributed by atoms with Crippen LogP contribution in [0.2, 0.25) is 0 Å². The van der Waals surface area contributed by atoms with E-state index in [1.54, 1.807) is 0 Å². The van der Waals surface area contributed by atoms with Crippen LogP contribution in [0.1, 0.15) is 53.8 Å². The fraction of sp³-hybridized carbons (Fsp3) is 0.588. The minimum atomic E-state index is 0.719. The Morgan fingerprint density at radius 2 is 2.10 bits per heavy atom. The summed E-state index contributed by atoms with van der Waals surface area (Å²) in [7, 11) is 0. The summed E-state index contributed by atoms with van der Waals surface area (Å²) in [4.78, 5) is 0. The lowest BCUT2D eigenvalue weighted by Gasteiger charge is -2.02. The number of rotatable bonds is 6. The van der Waals surface area contributed by atoms with Gasteiger partial charge in [0.2, 0.25) is 0 Å². The van der Waals surface area contributed by atoms with E-state index in [1.165, 1.54) is 29.7 Å². The zero-order valence-corrected chi connectivity index (χ0v) is 13.5. The average molecular weight is 287 g/mol. The van der Waals surface area contributed by atoms with Crippen LogP contribution in [-0.4, -0.2) is 15.8 Å². The Hall–Kier alpha value is -1.55. The van der Waals surface area contributed by atoms with Crippen LogP contribution in [0, 0.1) is 20.8 Å². The molecule has 4 heteroatoms. The summed E-state index contributed by atoms with van der Waals surface area (Å²) in [6, 6.07) is 2.90. The predicted molar refractivity (Wildman–Crippen MR) is 83.5 cm³/mol. The summed E-state index contributed by atoms with van der Waals surface area (Å²) >= 11 is 0.